The molecule has 5 atom stereocenters. The van der Waals surface area contributed by atoms with Gasteiger partial charge in [0.25, 0.3) is 0 Å². The van der Waals surface area contributed by atoms with Gasteiger partial charge in [0.2, 0.25) is 0 Å². The van der Waals surface area contributed by atoms with Crippen LogP contribution in [0.1, 0.15) is 31.9 Å². The minimum Gasteiger partial charge on any atom is -0.457 e. The number of carbonyl (C=O) groups excluding carboxylic acids is 1. The Morgan fingerprint density at radius 1 is 1.24 bits per heavy atom. The van der Waals surface area contributed by atoms with Crippen molar-refractivity contribution in [2.45, 2.75) is 56.6 Å². The van der Waals surface area contributed by atoms with Gasteiger partial charge in [0.15, 0.2) is 11.9 Å². The number of rotatable bonds is 6. The van der Waals surface area contributed by atoms with Gasteiger partial charge in [0.1, 0.15) is 31.2 Å². The second-order valence-corrected chi connectivity index (χ2v) is 6.70. The summed E-state index contributed by atoms with van der Waals surface area (Å²) in [6, 6.07) is 9.55. The maximum Gasteiger partial charge on any atom is 0.309 e. The predicted molar refractivity (Wildman–Crippen MR) is 86.5 cm³/mol. The number of hydrogen-bond donors (Lipinski definition) is 1. The highest BCUT2D eigenvalue weighted by molar-refractivity contribution is 5.72. The van der Waals surface area contributed by atoms with Crippen LogP contribution >= 0.6 is 0 Å². The van der Waals surface area contributed by atoms with Gasteiger partial charge in [-0.05, 0) is 19.4 Å². The van der Waals surface area contributed by atoms with Crippen molar-refractivity contribution < 1.29 is 33.6 Å². The first-order valence-electron chi connectivity index (χ1n) is 8.30. The summed E-state index contributed by atoms with van der Waals surface area (Å²) in [6.07, 6.45) is -3.50. The SMILES string of the molecule is COCO[C@H](c1ccccc1)[C@H]1OC(C)(C)O[C@@H]1[C@H]1OC(=O)C[C@@H]1O. The Morgan fingerprint density at radius 2 is 1.96 bits per heavy atom. The minimum atomic E-state index is -0.934. The fraction of sp³-hybridized carbons (Fsp3) is 0.611. The largest absolute Gasteiger partial charge is 0.457 e. The Bertz CT molecular complexity index is 588. The second kappa shape index (κ2) is 7.39. The third-order valence-electron chi connectivity index (χ3n) is 4.30. The molecule has 7 nitrogen and oxygen atoms in total. The number of methoxy groups -OCH3 is 1. The molecule has 0 unspecified atom stereocenters. The smallest absolute Gasteiger partial charge is 0.309 e. The molecule has 2 aliphatic heterocycles. The molecule has 0 aliphatic carbocycles. The lowest BCUT2D eigenvalue weighted by atomic mass is 9.95. The van der Waals surface area contributed by atoms with Crippen LogP contribution in [-0.4, -0.2) is 55.2 Å². The van der Waals surface area contributed by atoms with E-state index in [2.05, 4.69) is 0 Å². The first-order valence-corrected chi connectivity index (χ1v) is 8.30. The lowest BCUT2D eigenvalue weighted by Crippen LogP contribution is -2.44. The first-order chi connectivity index (χ1) is 11.9. The molecule has 2 heterocycles. The highest BCUT2D eigenvalue weighted by atomic mass is 16.8. The van der Waals surface area contributed by atoms with E-state index in [1.54, 1.807) is 13.8 Å². The Hall–Kier alpha value is -1.51. The minimum absolute atomic E-state index is 0.0490. The fourth-order valence-electron chi connectivity index (χ4n) is 3.32. The van der Waals surface area contributed by atoms with Gasteiger partial charge in [0, 0.05) is 7.11 Å². The Morgan fingerprint density at radius 3 is 2.56 bits per heavy atom. The zero-order valence-corrected chi connectivity index (χ0v) is 14.6. The number of esters is 1. The molecule has 1 N–H and O–H groups in total. The second-order valence-electron chi connectivity index (χ2n) is 6.70. The van der Waals surface area contributed by atoms with Crippen LogP contribution in [0.2, 0.25) is 0 Å². The van der Waals surface area contributed by atoms with Crippen LogP contribution in [0.5, 0.6) is 0 Å². The number of aliphatic hydroxyl groups is 1. The standard InChI is InChI=1S/C18H24O7/c1-18(2)24-16(17(25-18)15-12(19)9-13(20)23-15)14(22-10-21-3)11-7-5-4-6-8-11/h4-8,12,14-17,19H,9-10H2,1-3H3/t12-,14+,15-,16+,17+/m0/s1. The Kier molecular flexibility index (Phi) is 5.41. The van der Waals surface area contributed by atoms with E-state index in [-0.39, 0.29) is 13.2 Å². The summed E-state index contributed by atoms with van der Waals surface area (Å²) in [4.78, 5) is 11.6. The molecule has 25 heavy (non-hydrogen) atoms. The van der Waals surface area contributed by atoms with Crippen molar-refractivity contribution in [1.82, 2.24) is 0 Å². The van der Waals surface area contributed by atoms with Gasteiger partial charge in [-0.2, -0.15) is 0 Å². The third kappa shape index (κ3) is 4.02. The zero-order valence-electron chi connectivity index (χ0n) is 14.6. The molecule has 1 aromatic rings. The number of cyclic esters (lactones) is 1. The Labute approximate surface area is 146 Å². The molecule has 3 rings (SSSR count). The summed E-state index contributed by atoms with van der Waals surface area (Å²) in [5, 5.41) is 10.2. The van der Waals surface area contributed by atoms with Crippen molar-refractivity contribution in [3.05, 3.63) is 35.9 Å². The van der Waals surface area contributed by atoms with Gasteiger partial charge >= 0.3 is 5.97 Å². The van der Waals surface area contributed by atoms with Crippen molar-refractivity contribution in [2.75, 3.05) is 13.9 Å². The summed E-state index contributed by atoms with van der Waals surface area (Å²) in [5.41, 5.74) is 0.884. The number of carbonyl (C=O) groups is 1. The van der Waals surface area contributed by atoms with Crippen LogP contribution in [-0.2, 0) is 28.5 Å². The molecule has 0 aromatic heterocycles. The van der Waals surface area contributed by atoms with Gasteiger partial charge in [-0.15, -0.1) is 0 Å². The number of ether oxygens (including phenoxy) is 5. The molecule has 1 aromatic carbocycles. The van der Waals surface area contributed by atoms with Crippen LogP contribution in [0.3, 0.4) is 0 Å². The highest BCUT2D eigenvalue weighted by Gasteiger charge is 2.54. The van der Waals surface area contributed by atoms with Crippen LogP contribution < -0.4 is 0 Å². The summed E-state index contributed by atoms with van der Waals surface area (Å²) >= 11 is 0. The van der Waals surface area contributed by atoms with E-state index in [9.17, 15) is 9.90 Å². The Balaban J connectivity index is 1.90. The normalized spacial score (nSPS) is 32.6. The van der Waals surface area contributed by atoms with E-state index in [4.69, 9.17) is 23.7 Å². The first kappa shape index (κ1) is 18.3. The molecule has 2 fully saturated rings. The zero-order chi connectivity index (χ0) is 18.0. The van der Waals surface area contributed by atoms with E-state index in [0.29, 0.717) is 0 Å². The van der Waals surface area contributed by atoms with Gasteiger partial charge in [-0.1, -0.05) is 30.3 Å². The van der Waals surface area contributed by atoms with E-state index in [1.165, 1.54) is 7.11 Å². The van der Waals surface area contributed by atoms with Crippen molar-refractivity contribution in [3.8, 4) is 0 Å². The van der Waals surface area contributed by atoms with E-state index < -0.39 is 42.3 Å². The predicted octanol–water partition coefficient (Wildman–Crippen LogP) is 1.54. The fourth-order valence-corrected chi connectivity index (χ4v) is 3.32. The topological polar surface area (TPSA) is 83.5 Å². The average molecular weight is 352 g/mol. The molecular formula is C18H24O7. The van der Waals surface area contributed by atoms with Gasteiger partial charge < -0.3 is 28.8 Å². The van der Waals surface area contributed by atoms with Crippen molar-refractivity contribution >= 4 is 5.97 Å². The molecule has 0 amide bonds. The summed E-state index contributed by atoms with van der Waals surface area (Å²) in [5.74, 6) is -1.34. The lowest BCUT2D eigenvalue weighted by Gasteiger charge is -2.29. The van der Waals surface area contributed by atoms with Gasteiger partial charge in [-0.3, -0.25) is 4.79 Å². The maximum absolute atomic E-state index is 11.6. The molecule has 7 heteroatoms. The highest BCUT2D eigenvalue weighted by Crippen LogP contribution is 2.41. The summed E-state index contributed by atoms with van der Waals surface area (Å²) < 4.78 is 28.2. The van der Waals surface area contributed by atoms with Crippen molar-refractivity contribution in [1.29, 1.82) is 0 Å². The molecule has 0 spiro atoms. The average Bonchev–Trinajstić information content (AvgIpc) is 3.07. The molecular weight excluding hydrogens is 328 g/mol. The van der Waals surface area contributed by atoms with Gasteiger partial charge in [0.05, 0.1) is 6.42 Å². The van der Waals surface area contributed by atoms with Crippen LogP contribution in [0, 0.1) is 0 Å². The molecule has 0 bridgehead atoms. The molecule has 2 saturated heterocycles. The van der Waals surface area contributed by atoms with Crippen molar-refractivity contribution in [2.24, 2.45) is 0 Å². The molecule has 2 aliphatic rings. The van der Waals surface area contributed by atoms with E-state index in [0.717, 1.165) is 5.56 Å². The summed E-state index contributed by atoms with van der Waals surface area (Å²) in [6.45, 7) is 3.63. The number of aliphatic hydroxyl groups excluding tert-OH is 1. The van der Waals surface area contributed by atoms with Crippen molar-refractivity contribution in [3.63, 3.8) is 0 Å². The number of hydrogen-bond acceptors (Lipinski definition) is 7. The quantitative estimate of drug-likeness (QED) is 0.614. The van der Waals surface area contributed by atoms with Crippen LogP contribution in [0.15, 0.2) is 30.3 Å². The monoisotopic (exact) mass is 352 g/mol. The number of benzene rings is 1. The maximum atomic E-state index is 11.6. The third-order valence-corrected chi connectivity index (χ3v) is 4.30. The molecule has 0 saturated carbocycles. The van der Waals surface area contributed by atoms with E-state index in [1.807, 2.05) is 30.3 Å². The molecule has 0 radical (unpaired) electrons. The lowest BCUT2D eigenvalue weighted by molar-refractivity contribution is -0.174. The van der Waals surface area contributed by atoms with Crippen LogP contribution in [0.4, 0.5) is 0 Å². The van der Waals surface area contributed by atoms with Crippen LogP contribution in [0.25, 0.3) is 0 Å². The molecule has 138 valence electrons. The van der Waals surface area contributed by atoms with Gasteiger partial charge in [-0.25, -0.2) is 0 Å². The van der Waals surface area contributed by atoms with E-state index >= 15 is 0 Å². The summed E-state index contributed by atoms with van der Waals surface area (Å²) in [7, 11) is 1.54.